The van der Waals surface area contributed by atoms with Gasteiger partial charge in [0.05, 0.1) is 12.0 Å². The van der Waals surface area contributed by atoms with E-state index in [1.165, 1.54) is 0 Å². The number of benzene rings is 2. The number of methoxy groups -OCH3 is 1. The second-order valence-corrected chi connectivity index (χ2v) is 8.73. The second kappa shape index (κ2) is 8.83. The molecule has 10 heteroatoms. The Balaban J connectivity index is 1.77. The standard InChI is InChI=1S/C20H22F3NO5S/c1-27-16-4-2-15(3-5-16)19(10-12-28-13-11-19)14-24-30(25,26)18-8-6-17(7-9-18)29-20(21,22)23/h2-9,24H,10-14H2,1H3. The molecule has 6 nitrogen and oxygen atoms in total. The molecule has 30 heavy (non-hydrogen) atoms. The van der Waals surface area contributed by atoms with E-state index in [0.29, 0.717) is 31.8 Å². The highest BCUT2D eigenvalue weighted by atomic mass is 32.2. The molecule has 0 atom stereocenters. The fourth-order valence-corrected chi connectivity index (χ4v) is 4.54. The number of rotatable bonds is 7. The van der Waals surface area contributed by atoms with Gasteiger partial charge in [-0.05, 0) is 54.8 Å². The summed E-state index contributed by atoms with van der Waals surface area (Å²) in [5.74, 6) is 0.211. The number of halogens is 3. The molecule has 1 aliphatic rings. The lowest BCUT2D eigenvalue weighted by atomic mass is 9.74. The average Bonchev–Trinajstić information content (AvgIpc) is 2.72. The van der Waals surface area contributed by atoms with Crippen molar-refractivity contribution in [3.05, 3.63) is 54.1 Å². The Bertz CT molecular complexity index is 938. The molecule has 0 spiro atoms. The van der Waals surface area contributed by atoms with Gasteiger partial charge in [0, 0.05) is 25.2 Å². The highest BCUT2D eigenvalue weighted by Gasteiger charge is 2.36. The van der Waals surface area contributed by atoms with Gasteiger partial charge >= 0.3 is 6.36 Å². The Hall–Kier alpha value is -2.30. The van der Waals surface area contributed by atoms with Crippen LogP contribution in [-0.4, -0.2) is 41.6 Å². The molecule has 0 unspecified atom stereocenters. The van der Waals surface area contributed by atoms with Crippen molar-refractivity contribution in [2.24, 2.45) is 0 Å². The molecule has 0 bridgehead atoms. The maximum atomic E-state index is 12.7. The molecular formula is C20H22F3NO5S. The minimum atomic E-state index is -4.84. The number of alkyl halides is 3. The number of nitrogens with one attached hydrogen (secondary N) is 1. The van der Waals surface area contributed by atoms with Crippen molar-refractivity contribution in [1.29, 1.82) is 0 Å². The highest BCUT2D eigenvalue weighted by Crippen LogP contribution is 2.35. The summed E-state index contributed by atoms with van der Waals surface area (Å²) in [5, 5.41) is 0. The van der Waals surface area contributed by atoms with E-state index in [0.717, 1.165) is 29.8 Å². The van der Waals surface area contributed by atoms with Gasteiger partial charge in [-0.15, -0.1) is 13.2 Å². The third-order valence-corrected chi connectivity index (χ3v) is 6.54. The van der Waals surface area contributed by atoms with Crippen LogP contribution in [0.4, 0.5) is 13.2 Å². The van der Waals surface area contributed by atoms with Crippen LogP contribution >= 0.6 is 0 Å². The zero-order chi connectivity index (χ0) is 21.8. The molecule has 1 fully saturated rings. The summed E-state index contributed by atoms with van der Waals surface area (Å²) in [6, 6.07) is 11.5. The van der Waals surface area contributed by atoms with Crippen LogP contribution in [0.15, 0.2) is 53.4 Å². The van der Waals surface area contributed by atoms with E-state index < -0.39 is 27.6 Å². The van der Waals surface area contributed by atoms with Crippen molar-refractivity contribution in [1.82, 2.24) is 4.72 Å². The van der Waals surface area contributed by atoms with Crippen LogP contribution in [-0.2, 0) is 20.2 Å². The van der Waals surface area contributed by atoms with Crippen molar-refractivity contribution in [2.45, 2.75) is 29.5 Å². The molecule has 164 valence electrons. The van der Waals surface area contributed by atoms with Gasteiger partial charge in [-0.3, -0.25) is 0 Å². The monoisotopic (exact) mass is 445 g/mol. The molecule has 3 rings (SSSR count). The maximum absolute atomic E-state index is 12.7. The third-order valence-electron chi connectivity index (χ3n) is 5.12. The Morgan fingerprint density at radius 3 is 2.10 bits per heavy atom. The van der Waals surface area contributed by atoms with Crippen LogP contribution in [0.1, 0.15) is 18.4 Å². The number of sulfonamides is 1. The summed E-state index contributed by atoms with van der Waals surface area (Å²) in [5.41, 5.74) is 0.500. The fraction of sp³-hybridized carbons (Fsp3) is 0.400. The molecule has 0 aromatic heterocycles. The summed E-state index contributed by atoms with van der Waals surface area (Å²) < 4.78 is 79.3. The zero-order valence-electron chi connectivity index (χ0n) is 16.2. The summed E-state index contributed by atoms with van der Waals surface area (Å²) in [7, 11) is -2.36. The second-order valence-electron chi connectivity index (χ2n) is 6.96. The van der Waals surface area contributed by atoms with Crippen molar-refractivity contribution >= 4 is 10.0 Å². The lowest BCUT2D eigenvalue weighted by molar-refractivity contribution is -0.274. The summed E-state index contributed by atoms with van der Waals surface area (Å²) in [6.45, 7) is 1.13. The van der Waals surface area contributed by atoms with E-state index in [9.17, 15) is 21.6 Å². The Labute approximate surface area is 173 Å². The van der Waals surface area contributed by atoms with Crippen LogP contribution < -0.4 is 14.2 Å². The molecule has 1 N–H and O–H groups in total. The van der Waals surface area contributed by atoms with Gasteiger partial charge < -0.3 is 14.2 Å². The van der Waals surface area contributed by atoms with E-state index in [2.05, 4.69) is 9.46 Å². The molecule has 2 aromatic rings. The summed E-state index contributed by atoms with van der Waals surface area (Å²) in [4.78, 5) is -0.144. The van der Waals surface area contributed by atoms with E-state index in [1.54, 1.807) is 7.11 Å². The highest BCUT2D eigenvalue weighted by molar-refractivity contribution is 7.89. The molecule has 1 saturated heterocycles. The van der Waals surface area contributed by atoms with Crippen molar-refractivity contribution in [3.8, 4) is 11.5 Å². The van der Waals surface area contributed by atoms with Gasteiger partial charge in [-0.1, -0.05) is 12.1 Å². The first-order valence-electron chi connectivity index (χ1n) is 9.21. The predicted octanol–water partition coefficient (Wildman–Crippen LogP) is 3.62. The SMILES string of the molecule is COc1ccc(C2(CNS(=O)(=O)c3ccc(OC(F)(F)F)cc3)CCOCC2)cc1. The minimum absolute atomic E-state index is 0.131. The molecule has 2 aromatic carbocycles. The predicted molar refractivity (Wildman–Crippen MR) is 103 cm³/mol. The largest absolute Gasteiger partial charge is 0.573 e. The first-order valence-corrected chi connectivity index (χ1v) is 10.7. The maximum Gasteiger partial charge on any atom is 0.573 e. The van der Waals surface area contributed by atoms with Crippen molar-refractivity contribution in [3.63, 3.8) is 0 Å². The van der Waals surface area contributed by atoms with E-state index in [-0.39, 0.29) is 11.4 Å². The van der Waals surface area contributed by atoms with Gasteiger partial charge in [0.25, 0.3) is 0 Å². The number of hydrogen-bond donors (Lipinski definition) is 1. The van der Waals surface area contributed by atoms with Crippen LogP contribution in [0.25, 0.3) is 0 Å². The smallest absolute Gasteiger partial charge is 0.497 e. The quantitative estimate of drug-likeness (QED) is 0.705. The summed E-state index contributed by atoms with van der Waals surface area (Å²) >= 11 is 0. The number of hydrogen-bond acceptors (Lipinski definition) is 5. The molecule has 0 radical (unpaired) electrons. The lowest BCUT2D eigenvalue weighted by Crippen LogP contribution is -2.44. The Morgan fingerprint density at radius 1 is 1.00 bits per heavy atom. The van der Waals surface area contributed by atoms with Crippen molar-refractivity contribution in [2.75, 3.05) is 26.9 Å². The molecule has 0 aliphatic carbocycles. The van der Waals surface area contributed by atoms with E-state index in [1.807, 2.05) is 24.3 Å². The van der Waals surface area contributed by atoms with Gasteiger partial charge in [0.15, 0.2) is 0 Å². The molecule has 0 amide bonds. The van der Waals surface area contributed by atoms with Crippen LogP contribution in [0.5, 0.6) is 11.5 Å². The molecular weight excluding hydrogens is 423 g/mol. The zero-order valence-corrected chi connectivity index (χ0v) is 17.1. The summed E-state index contributed by atoms with van der Waals surface area (Å²) in [6.07, 6.45) is -3.59. The van der Waals surface area contributed by atoms with Gasteiger partial charge in [0.2, 0.25) is 10.0 Å². The fourth-order valence-electron chi connectivity index (χ4n) is 3.41. The molecule has 1 heterocycles. The molecule has 1 aliphatic heterocycles. The first kappa shape index (κ1) is 22.4. The van der Waals surface area contributed by atoms with Gasteiger partial charge in [0.1, 0.15) is 11.5 Å². The van der Waals surface area contributed by atoms with Gasteiger partial charge in [-0.25, -0.2) is 13.1 Å². The van der Waals surface area contributed by atoms with Crippen LogP contribution in [0, 0.1) is 0 Å². The van der Waals surface area contributed by atoms with Crippen LogP contribution in [0.2, 0.25) is 0 Å². The topological polar surface area (TPSA) is 73.9 Å². The first-order chi connectivity index (χ1) is 14.1. The number of ether oxygens (including phenoxy) is 3. The Morgan fingerprint density at radius 2 is 1.57 bits per heavy atom. The normalized spacial score (nSPS) is 16.8. The minimum Gasteiger partial charge on any atom is -0.497 e. The third kappa shape index (κ3) is 5.44. The van der Waals surface area contributed by atoms with E-state index >= 15 is 0 Å². The average molecular weight is 445 g/mol. The lowest BCUT2D eigenvalue weighted by Gasteiger charge is -2.38. The Kier molecular flexibility index (Phi) is 6.59. The molecule has 0 saturated carbocycles. The van der Waals surface area contributed by atoms with E-state index in [4.69, 9.17) is 9.47 Å². The van der Waals surface area contributed by atoms with Crippen LogP contribution in [0.3, 0.4) is 0 Å². The van der Waals surface area contributed by atoms with Gasteiger partial charge in [-0.2, -0.15) is 0 Å². The van der Waals surface area contributed by atoms with Crippen molar-refractivity contribution < 1.29 is 35.8 Å².